The molecule has 4 nitrogen and oxygen atoms in total. The number of nitrogens with zero attached hydrogens (tertiary/aromatic N) is 2. The fraction of sp³-hybridized carbons (Fsp3) is 0.0500. The van der Waals surface area contributed by atoms with Crippen LogP contribution >= 0.6 is 0 Å². The summed E-state index contributed by atoms with van der Waals surface area (Å²) in [6.45, 7) is 0. The van der Waals surface area contributed by atoms with Crippen molar-refractivity contribution < 1.29 is 9.84 Å². The van der Waals surface area contributed by atoms with Crippen molar-refractivity contribution in [3.8, 4) is 11.5 Å². The van der Waals surface area contributed by atoms with Crippen LogP contribution in [0, 0.1) is 0 Å². The van der Waals surface area contributed by atoms with Gasteiger partial charge in [-0.3, -0.25) is 0 Å². The van der Waals surface area contributed by atoms with Gasteiger partial charge in [0.05, 0.1) is 24.7 Å². The van der Waals surface area contributed by atoms with Gasteiger partial charge in [-0.1, -0.05) is 36.4 Å². The number of para-hydroxylation sites is 2. The topological polar surface area (TPSA) is 45.1 Å². The highest BCUT2D eigenvalue weighted by molar-refractivity contribution is 5.82. The van der Waals surface area contributed by atoms with Crippen molar-refractivity contribution in [1.29, 1.82) is 0 Å². The maximum atomic E-state index is 9.89. The van der Waals surface area contributed by atoms with Gasteiger partial charge in [-0.05, 0) is 48.0 Å². The number of aromatic hydroxyl groups is 1. The second-order valence-corrected chi connectivity index (χ2v) is 5.16. The van der Waals surface area contributed by atoms with E-state index < -0.39 is 0 Å². The third-order valence-electron chi connectivity index (χ3n) is 3.53. The van der Waals surface area contributed by atoms with Gasteiger partial charge in [0.1, 0.15) is 0 Å². The number of hydrogen-bond acceptors (Lipinski definition) is 4. The van der Waals surface area contributed by atoms with Gasteiger partial charge in [0.2, 0.25) is 0 Å². The Morgan fingerprint density at radius 2 is 1.46 bits per heavy atom. The third-order valence-corrected chi connectivity index (χ3v) is 3.53. The second-order valence-electron chi connectivity index (χ2n) is 5.16. The summed E-state index contributed by atoms with van der Waals surface area (Å²) in [5, 5.41) is 16.3. The molecule has 0 unspecified atom stereocenters. The zero-order valence-electron chi connectivity index (χ0n) is 13.3. The van der Waals surface area contributed by atoms with Crippen LogP contribution < -0.4 is 9.75 Å². The smallest absolute Gasteiger partial charge is 0.160 e. The lowest BCUT2D eigenvalue weighted by atomic mass is 10.2. The van der Waals surface area contributed by atoms with E-state index in [9.17, 15) is 5.11 Å². The Kier molecular flexibility index (Phi) is 4.77. The number of methoxy groups -OCH3 is 1. The molecule has 3 aromatic carbocycles. The van der Waals surface area contributed by atoms with E-state index in [4.69, 9.17) is 4.74 Å². The van der Waals surface area contributed by atoms with E-state index in [1.807, 2.05) is 71.7 Å². The monoisotopic (exact) mass is 318 g/mol. The van der Waals surface area contributed by atoms with E-state index in [-0.39, 0.29) is 5.75 Å². The largest absolute Gasteiger partial charge is 0.504 e. The fourth-order valence-electron chi connectivity index (χ4n) is 2.33. The van der Waals surface area contributed by atoms with Crippen LogP contribution in [0.2, 0.25) is 0 Å². The number of phenols is 1. The lowest BCUT2D eigenvalue weighted by Crippen LogP contribution is -2.09. The molecule has 3 rings (SSSR count). The Morgan fingerprint density at radius 3 is 1.96 bits per heavy atom. The standard InChI is InChI=1S/C20H18N2O2/c1-24-20-13-12-16(14-19(20)23)15-21-22(17-8-4-2-5-9-17)18-10-6-3-7-11-18/h2-15,23H,1H3/b21-15-. The van der Waals surface area contributed by atoms with Crippen LogP contribution in [0.4, 0.5) is 11.4 Å². The number of rotatable bonds is 5. The third kappa shape index (κ3) is 3.55. The molecule has 0 amide bonds. The second kappa shape index (κ2) is 7.33. The Morgan fingerprint density at radius 1 is 0.875 bits per heavy atom. The Labute approximate surface area is 141 Å². The maximum absolute atomic E-state index is 9.89. The maximum Gasteiger partial charge on any atom is 0.160 e. The summed E-state index contributed by atoms with van der Waals surface area (Å²) >= 11 is 0. The van der Waals surface area contributed by atoms with Crippen molar-refractivity contribution in [3.63, 3.8) is 0 Å². The SMILES string of the molecule is COc1ccc(/C=N\N(c2ccccc2)c2ccccc2)cc1O. The highest BCUT2D eigenvalue weighted by Crippen LogP contribution is 2.27. The molecule has 3 aromatic rings. The van der Waals surface area contributed by atoms with E-state index >= 15 is 0 Å². The van der Waals surface area contributed by atoms with Crippen molar-refractivity contribution in [1.82, 2.24) is 0 Å². The first kappa shape index (κ1) is 15.6. The summed E-state index contributed by atoms with van der Waals surface area (Å²) in [5.74, 6) is 0.530. The molecule has 0 bridgehead atoms. The van der Waals surface area contributed by atoms with Gasteiger partial charge in [0, 0.05) is 0 Å². The van der Waals surface area contributed by atoms with Crippen molar-refractivity contribution >= 4 is 17.6 Å². The van der Waals surface area contributed by atoms with Crippen LogP contribution in [-0.2, 0) is 0 Å². The van der Waals surface area contributed by atoms with E-state index in [2.05, 4.69) is 5.10 Å². The van der Waals surface area contributed by atoms with Gasteiger partial charge in [0.25, 0.3) is 0 Å². The van der Waals surface area contributed by atoms with Crippen molar-refractivity contribution in [2.24, 2.45) is 5.10 Å². The molecular formula is C20H18N2O2. The molecule has 0 aromatic heterocycles. The zero-order valence-corrected chi connectivity index (χ0v) is 13.3. The molecule has 1 N–H and O–H groups in total. The van der Waals surface area contributed by atoms with Crippen LogP contribution in [0.15, 0.2) is 84.0 Å². The molecule has 0 fully saturated rings. The number of anilines is 2. The number of hydrazone groups is 1. The molecule has 0 aliphatic rings. The molecule has 24 heavy (non-hydrogen) atoms. The highest BCUT2D eigenvalue weighted by Gasteiger charge is 2.07. The quantitative estimate of drug-likeness (QED) is 0.553. The molecule has 0 heterocycles. The predicted octanol–water partition coefficient (Wildman–Crippen LogP) is 4.57. The van der Waals surface area contributed by atoms with Crippen LogP contribution in [0.5, 0.6) is 11.5 Å². The number of benzene rings is 3. The normalized spacial score (nSPS) is 10.7. The molecule has 0 atom stereocenters. The molecule has 0 aliphatic heterocycles. The van der Waals surface area contributed by atoms with Crippen LogP contribution in [-0.4, -0.2) is 18.4 Å². The van der Waals surface area contributed by atoms with Crippen molar-refractivity contribution in [2.45, 2.75) is 0 Å². The average molecular weight is 318 g/mol. The first-order valence-corrected chi connectivity index (χ1v) is 7.59. The Hall–Kier alpha value is -3.27. The lowest BCUT2D eigenvalue weighted by Gasteiger charge is -2.19. The van der Waals surface area contributed by atoms with E-state index in [1.54, 1.807) is 18.3 Å². The molecule has 0 saturated heterocycles. The summed E-state index contributed by atoms with van der Waals surface area (Å²) in [5.41, 5.74) is 2.69. The summed E-state index contributed by atoms with van der Waals surface area (Å²) in [4.78, 5) is 0. The van der Waals surface area contributed by atoms with Gasteiger partial charge < -0.3 is 9.84 Å². The Balaban J connectivity index is 1.94. The predicted molar refractivity (Wildman–Crippen MR) is 97.3 cm³/mol. The van der Waals surface area contributed by atoms with Crippen LogP contribution in [0.25, 0.3) is 0 Å². The molecule has 4 heteroatoms. The minimum atomic E-state index is 0.0902. The molecule has 0 radical (unpaired) electrons. The highest BCUT2D eigenvalue weighted by atomic mass is 16.5. The van der Waals surface area contributed by atoms with Gasteiger partial charge in [0.15, 0.2) is 11.5 Å². The van der Waals surface area contributed by atoms with Gasteiger partial charge in [-0.25, -0.2) is 5.01 Å². The molecule has 120 valence electrons. The van der Waals surface area contributed by atoms with Crippen molar-refractivity contribution in [3.05, 3.63) is 84.4 Å². The first-order valence-electron chi connectivity index (χ1n) is 7.59. The van der Waals surface area contributed by atoms with Gasteiger partial charge >= 0.3 is 0 Å². The van der Waals surface area contributed by atoms with Crippen LogP contribution in [0.3, 0.4) is 0 Å². The molecule has 0 aliphatic carbocycles. The van der Waals surface area contributed by atoms with E-state index in [0.717, 1.165) is 16.9 Å². The number of hydrogen-bond donors (Lipinski definition) is 1. The Bertz CT molecular complexity index is 778. The molecular weight excluding hydrogens is 300 g/mol. The number of phenolic OH excluding ortho intramolecular Hbond substituents is 1. The minimum Gasteiger partial charge on any atom is -0.504 e. The van der Waals surface area contributed by atoms with Gasteiger partial charge in [-0.2, -0.15) is 5.10 Å². The summed E-state index contributed by atoms with van der Waals surface area (Å²) in [6.07, 6.45) is 1.71. The lowest BCUT2D eigenvalue weighted by molar-refractivity contribution is 0.373. The zero-order chi connectivity index (χ0) is 16.8. The molecule has 0 saturated carbocycles. The fourth-order valence-corrected chi connectivity index (χ4v) is 2.33. The van der Waals surface area contributed by atoms with Gasteiger partial charge in [-0.15, -0.1) is 0 Å². The van der Waals surface area contributed by atoms with E-state index in [0.29, 0.717) is 5.75 Å². The van der Waals surface area contributed by atoms with E-state index in [1.165, 1.54) is 7.11 Å². The molecule has 0 spiro atoms. The minimum absolute atomic E-state index is 0.0902. The number of ether oxygens (including phenoxy) is 1. The average Bonchev–Trinajstić information content (AvgIpc) is 2.64. The first-order chi connectivity index (χ1) is 11.8. The van der Waals surface area contributed by atoms with Crippen LogP contribution in [0.1, 0.15) is 5.56 Å². The summed E-state index contributed by atoms with van der Waals surface area (Å²) in [7, 11) is 1.52. The summed E-state index contributed by atoms with van der Waals surface area (Å²) in [6, 6.07) is 25.0. The summed E-state index contributed by atoms with van der Waals surface area (Å²) < 4.78 is 5.06. The van der Waals surface area contributed by atoms with Crippen molar-refractivity contribution in [2.75, 3.05) is 12.1 Å².